The number of nitrogens with zero attached hydrogens (tertiary/aromatic N) is 3. The molecular weight excluding hydrogens is 462 g/mol. The lowest BCUT2D eigenvalue weighted by Crippen LogP contribution is -2.28. The van der Waals surface area contributed by atoms with Crippen LogP contribution in [-0.4, -0.2) is 33.6 Å². The molecule has 3 aromatic carbocycles. The van der Waals surface area contributed by atoms with Crippen LogP contribution in [0.5, 0.6) is 5.75 Å². The predicted octanol–water partition coefficient (Wildman–Crippen LogP) is 5.46. The SMILES string of the molecule is CCN1C(=O)C(=Cc2ccc(OCc3ccccc3C#N)cc2)SC1=Nc1cccc(C(=O)O)c1. The fraction of sp³-hybridized carbons (Fsp3) is 0.111. The first-order chi connectivity index (χ1) is 17.0. The zero-order chi connectivity index (χ0) is 24.8. The molecule has 0 spiro atoms. The Hall–Kier alpha value is -4.35. The van der Waals surface area contributed by atoms with Gasteiger partial charge < -0.3 is 9.84 Å². The van der Waals surface area contributed by atoms with Crippen LogP contribution in [0.2, 0.25) is 0 Å². The molecule has 1 fully saturated rings. The van der Waals surface area contributed by atoms with Crippen LogP contribution in [0.15, 0.2) is 82.7 Å². The quantitative estimate of drug-likeness (QED) is 0.448. The van der Waals surface area contributed by atoms with Gasteiger partial charge in [-0.1, -0.05) is 36.4 Å². The monoisotopic (exact) mass is 483 g/mol. The number of rotatable bonds is 7. The van der Waals surface area contributed by atoms with Crippen LogP contribution in [0.4, 0.5) is 5.69 Å². The fourth-order valence-corrected chi connectivity index (χ4v) is 4.48. The van der Waals surface area contributed by atoms with Crippen LogP contribution >= 0.6 is 11.8 Å². The van der Waals surface area contributed by atoms with Gasteiger partial charge in [-0.25, -0.2) is 9.79 Å². The maximum Gasteiger partial charge on any atom is 0.335 e. The van der Waals surface area contributed by atoms with E-state index in [9.17, 15) is 20.0 Å². The summed E-state index contributed by atoms with van der Waals surface area (Å²) >= 11 is 1.25. The average molecular weight is 484 g/mol. The van der Waals surface area contributed by atoms with Crippen LogP contribution < -0.4 is 4.74 Å². The number of aromatic carboxylic acids is 1. The highest BCUT2D eigenvalue weighted by molar-refractivity contribution is 8.18. The second kappa shape index (κ2) is 10.7. The van der Waals surface area contributed by atoms with Gasteiger partial charge in [0.05, 0.1) is 27.8 Å². The second-order valence-corrected chi connectivity index (χ2v) is 8.55. The summed E-state index contributed by atoms with van der Waals surface area (Å²) in [5.74, 6) is -0.531. The van der Waals surface area contributed by atoms with Crippen LogP contribution in [0.25, 0.3) is 6.08 Å². The average Bonchev–Trinajstić information content (AvgIpc) is 3.17. The Labute approximate surface area is 207 Å². The lowest BCUT2D eigenvalue weighted by Gasteiger charge is -2.12. The Morgan fingerprint density at radius 3 is 2.63 bits per heavy atom. The summed E-state index contributed by atoms with van der Waals surface area (Å²) in [6, 6.07) is 23.1. The lowest BCUT2D eigenvalue weighted by molar-refractivity contribution is -0.122. The molecule has 35 heavy (non-hydrogen) atoms. The van der Waals surface area contributed by atoms with Crippen molar-refractivity contribution < 1.29 is 19.4 Å². The third-order valence-corrected chi connectivity index (χ3v) is 6.24. The predicted molar refractivity (Wildman–Crippen MR) is 135 cm³/mol. The molecule has 1 amide bonds. The van der Waals surface area contributed by atoms with Gasteiger partial charge in [-0.2, -0.15) is 5.26 Å². The van der Waals surface area contributed by atoms with E-state index in [0.29, 0.717) is 33.6 Å². The molecule has 0 aliphatic carbocycles. The molecule has 1 heterocycles. The molecule has 0 atom stereocenters. The number of ether oxygens (including phenoxy) is 1. The van der Waals surface area contributed by atoms with E-state index in [1.807, 2.05) is 49.4 Å². The van der Waals surface area contributed by atoms with E-state index in [2.05, 4.69) is 11.1 Å². The molecule has 174 valence electrons. The summed E-state index contributed by atoms with van der Waals surface area (Å²) in [5.41, 5.74) is 2.83. The van der Waals surface area contributed by atoms with E-state index >= 15 is 0 Å². The van der Waals surface area contributed by atoms with Crippen LogP contribution in [-0.2, 0) is 11.4 Å². The van der Waals surface area contributed by atoms with E-state index in [-0.39, 0.29) is 18.1 Å². The van der Waals surface area contributed by atoms with Gasteiger partial charge in [-0.05, 0) is 66.7 Å². The number of aliphatic imine (C=N–C) groups is 1. The molecule has 0 unspecified atom stereocenters. The second-order valence-electron chi connectivity index (χ2n) is 7.54. The number of hydrogen-bond acceptors (Lipinski definition) is 6. The van der Waals surface area contributed by atoms with Crippen molar-refractivity contribution >= 4 is 40.6 Å². The number of carboxylic acids is 1. The molecule has 0 saturated carbocycles. The van der Waals surface area contributed by atoms with E-state index in [1.54, 1.807) is 29.2 Å². The highest BCUT2D eigenvalue weighted by atomic mass is 32.2. The summed E-state index contributed by atoms with van der Waals surface area (Å²) in [6.45, 7) is 2.59. The standard InChI is InChI=1S/C27H21N3O4S/c1-2-30-25(31)24(35-27(30)29-22-9-5-8-19(15-22)26(32)33)14-18-10-12-23(13-11-18)34-17-21-7-4-3-6-20(21)16-28/h3-15H,2,17H2,1H3,(H,32,33). The molecule has 0 radical (unpaired) electrons. The molecule has 1 aliphatic heterocycles. The Morgan fingerprint density at radius 2 is 1.91 bits per heavy atom. The van der Waals surface area contributed by atoms with Gasteiger partial charge in [0.15, 0.2) is 5.17 Å². The van der Waals surface area contributed by atoms with Gasteiger partial charge in [0, 0.05) is 12.1 Å². The van der Waals surface area contributed by atoms with Crippen molar-refractivity contribution in [3.63, 3.8) is 0 Å². The normalized spacial score (nSPS) is 15.4. The fourth-order valence-electron chi connectivity index (χ4n) is 3.42. The van der Waals surface area contributed by atoms with Crippen molar-refractivity contribution in [1.82, 2.24) is 4.90 Å². The Balaban J connectivity index is 1.49. The van der Waals surface area contributed by atoms with Crippen LogP contribution in [0.3, 0.4) is 0 Å². The number of thioether (sulfide) groups is 1. The number of likely N-dealkylation sites (N-methyl/N-ethyl adjacent to an activating group) is 1. The molecule has 1 aliphatic rings. The smallest absolute Gasteiger partial charge is 0.335 e. The summed E-state index contributed by atoms with van der Waals surface area (Å²) in [4.78, 5) is 30.8. The first-order valence-corrected chi connectivity index (χ1v) is 11.6. The number of amidine groups is 1. The van der Waals surface area contributed by atoms with E-state index in [0.717, 1.165) is 11.1 Å². The number of amides is 1. The van der Waals surface area contributed by atoms with Gasteiger partial charge in [0.25, 0.3) is 5.91 Å². The maximum atomic E-state index is 12.9. The Morgan fingerprint density at radius 1 is 1.14 bits per heavy atom. The van der Waals surface area contributed by atoms with Crippen molar-refractivity contribution in [3.8, 4) is 11.8 Å². The zero-order valence-electron chi connectivity index (χ0n) is 18.8. The molecule has 1 N–H and O–H groups in total. The topological polar surface area (TPSA) is 103 Å². The Bertz CT molecular complexity index is 1370. The summed E-state index contributed by atoms with van der Waals surface area (Å²) < 4.78 is 5.81. The maximum absolute atomic E-state index is 12.9. The molecule has 3 aromatic rings. The van der Waals surface area contributed by atoms with E-state index in [4.69, 9.17) is 4.74 Å². The number of carbonyl (C=O) groups excluding carboxylic acids is 1. The Kier molecular flexibility index (Phi) is 7.29. The van der Waals surface area contributed by atoms with Gasteiger partial charge in [0.2, 0.25) is 0 Å². The van der Waals surface area contributed by atoms with Crippen molar-refractivity contribution in [2.75, 3.05) is 6.54 Å². The van der Waals surface area contributed by atoms with Gasteiger partial charge >= 0.3 is 5.97 Å². The van der Waals surface area contributed by atoms with Crippen molar-refractivity contribution in [1.29, 1.82) is 5.26 Å². The zero-order valence-corrected chi connectivity index (χ0v) is 19.7. The molecule has 4 rings (SSSR count). The number of carboxylic acid groups (broad SMARTS) is 1. The minimum absolute atomic E-state index is 0.137. The number of benzene rings is 3. The summed E-state index contributed by atoms with van der Waals surface area (Å²) in [7, 11) is 0. The van der Waals surface area contributed by atoms with E-state index in [1.165, 1.54) is 23.9 Å². The first-order valence-electron chi connectivity index (χ1n) is 10.8. The summed E-state index contributed by atoms with van der Waals surface area (Å²) in [5, 5.41) is 18.9. The van der Waals surface area contributed by atoms with Gasteiger partial charge in [-0.15, -0.1) is 0 Å². The molecule has 0 bridgehead atoms. The summed E-state index contributed by atoms with van der Waals surface area (Å²) in [6.07, 6.45) is 1.79. The van der Waals surface area contributed by atoms with Crippen molar-refractivity contribution in [2.24, 2.45) is 4.99 Å². The first kappa shape index (κ1) is 23.8. The minimum atomic E-state index is -1.03. The molecule has 0 aromatic heterocycles. The molecular formula is C27H21N3O4S. The van der Waals surface area contributed by atoms with Crippen molar-refractivity contribution in [3.05, 3.63) is 100.0 Å². The highest BCUT2D eigenvalue weighted by Crippen LogP contribution is 2.34. The minimum Gasteiger partial charge on any atom is -0.489 e. The molecule has 1 saturated heterocycles. The number of carbonyl (C=O) groups is 2. The van der Waals surface area contributed by atoms with Gasteiger partial charge in [-0.3, -0.25) is 9.69 Å². The third kappa shape index (κ3) is 5.60. The largest absolute Gasteiger partial charge is 0.489 e. The highest BCUT2D eigenvalue weighted by Gasteiger charge is 2.32. The van der Waals surface area contributed by atoms with E-state index < -0.39 is 5.97 Å². The molecule has 8 heteroatoms. The van der Waals surface area contributed by atoms with Crippen LogP contribution in [0, 0.1) is 11.3 Å². The number of hydrogen-bond donors (Lipinski definition) is 1. The number of nitriles is 1. The lowest BCUT2D eigenvalue weighted by atomic mass is 10.1. The van der Waals surface area contributed by atoms with Crippen molar-refractivity contribution in [2.45, 2.75) is 13.5 Å². The third-order valence-electron chi connectivity index (χ3n) is 5.23. The van der Waals surface area contributed by atoms with Gasteiger partial charge in [0.1, 0.15) is 12.4 Å². The van der Waals surface area contributed by atoms with Crippen LogP contribution in [0.1, 0.15) is 34.0 Å². The molecule has 7 nitrogen and oxygen atoms in total.